The number of anilines is 2. The summed E-state index contributed by atoms with van der Waals surface area (Å²) in [5.74, 6) is -0.517. The molecule has 0 atom stereocenters. The van der Waals surface area contributed by atoms with E-state index in [4.69, 9.17) is 16.3 Å². The highest BCUT2D eigenvalue weighted by Gasteiger charge is 2.27. The van der Waals surface area contributed by atoms with E-state index in [2.05, 4.69) is 5.32 Å². The quantitative estimate of drug-likeness (QED) is 0.583. The molecule has 0 saturated heterocycles. The van der Waals surface area contributed by atoms with Gasteiger partial charge >= 0.3 is 0 Å². The largest absolute Gasteiger partial charge is 0.497 e. The van der Waals surface area contributed by atoms with Gasteiger partial charge in [0.05, 0.1) is 35.8 Å². The van der Waals surface area contributed by atoms with Crippen LogP contribution >= 0.6 is 11.6 Å². The van der Waals surface area contributed by atoms with E-state index in [-0.39, 0.29) is 29.8 Å². The number of carbonyl (C=O) groups is 1. The lowest BCUT2D eigenvalue weighted by Crippen LogP contribution is -2.32. The summed E-state index contributed by atoms with van der Waals surface area (Å²) in [4.78, 5) is 14.3. The smallest absolute Gasteiger partial charge is 0.228 e. The van der Waals surface area contributed by atoms with Crippen LogP contribution in [0.3, 0.4) is 0 Å². The van der Waals surface area contributed by atoms with Gasteiger partial charge in [0.25, 0.3) is 0 Å². The molecule has 3 rings (SSSR count). The molecular weight excluding hydrogens is 419 g/mol. The fourth-order valence-electron chi connectivity index (χ4n) is 2.93. The van der Waals surface area contributed by atoms with Gasteiger partial charge in [-0.2, -0.15) is 0 Å². The molecule has 1 N–H and O–H groups in total. The van der Waals surface area contributed by atoms with E-state index in [1.54, 1.807) is 31.4 Å². The zero-order valence-electron chi connectivity index (χ0n) is 15.9. The molecule has 156 valence electrons. The van der Waals surface area contributed by atoms with Crippen molar-refractivity contribution in [2.45, 2.75) is 31.8 Å². The van der Waals surface area contributed by atoms with Crippen molar-refractivity contribution in [3.05, 3.63) is 52.8 Å². The van der Waals surface area contributed by atoms with Crippen LogP contribution in [0.5, 0.6) is 5.75 Å². The number of methoxy groups -OCH3 is 1. The van der Waals surface area contributed by atoms with Gasteiger partial charge in [-0.05, 0) is 42.7 Å². The van der Waals surface area contributed by atoms with Crippen LogP contribution < -0.4 is 15.0 Å². The Bertz CT molecular complexity index is 954. The van der Waals surface area contributed by atoms with Crippen molar-refractivity contribution >= 4 is 39.6 Å². The van der Waals surface area contributed by atoms with E-state index in [9.17, 15) is 17.6 Å². The summed E-state index contributed by atoms with van der Waals surface area (Å²) in [5.41, 5.74) is 1.57. The Hall–Kier alpha value is -2.32. The third-order valence-electron chi connectivity index (χ3n) is 4.54. The van der Waals surface area contributed by atoms with Crippen molar-refractivity contribution in [1.29, 1.82) is 0 Å². The van der Waals surface area contributed by atoms with Gasteiger partial charge in [0.1, 0.15) is 22.3 Å². The van der Waals surface area contributed by atoms with Crippen LogP contribution in [0.2, 0.25) is 5.02 Å². The average molecular weight is 441 g/mol. The number of ether oxygens (including phenoxy) is 1. The Morgan fingerprint density at radius 2 is 1.97 bits per heavy atom. The van der Waals surface area contributed by atoms with E-state index in [0.29, 0.717) is 17.1 Å². The molecule has 1 aliphatic rings. The Balaban J connectivity index is 1.98. The van der Waals surface area contributed by atoms with Crippen LogP contribution in [0.25, 0.3) is 0 Å². The van der Waals surface area contributed by atoms with Crippen LogP contribution in [0.4, 0.5) is 15.8 Å². The van der Waals surface area contributed by atoms with Crippen molar-refractivity contribution in [1.82, 2.24) is 0 Å². The third-order valence-corrected chi connectivity index (χ3v) is 5.42. The minimum Gasteiger partial charge on any atom is -0.497 e. The zero-order chi connectivity index (χ0) is 21.0. The standard InChI is InChI=1S/C20H22ClFN2O4S/c1-28-16-6-2-13(3-7-16)12-24(19(25)8-9-29(26)27)20-17(21)10-14(22)11-18(20)23-15-4-5-15/h2-3,6-7,10-11,15,23,29H,4-5,8-9,12H2,1H3. The second kappa shape index (κ2) is 9.45. The van der Waals surface area contributed by atoms with Gasteiger partial charge < -0.3 is 15.0 Å². The number of nitrogens with zero attached hydrogens (tertiary/aromatic N) is 1. The van der Waals surface area contributed by atoms with Gasteiger partial charge in [0, 0.05) is 12.5 Å². The summed E-state index contributed by atoms with van der Waals surface area (Å²) in [7, 11) is -1.13. The molecule has 1 aliphatic carbocycles. The molecule has 2 aromatic carbocycles. The number of benzene rings is 2. The van der Waals surface area contributed by atoms with Crippen LogP contribution in [0, 0.1) is 5.82 Å². The van der Waals surface area contributed by atoms with Crippen molar-refractivity contribution in [2.75, 3.05) is 23.1 Å². The summed E-state index contributed by atoms with van der Waals surface area (Å²) >= 11 is 6.34. The van der Waals surface area contributed by atoms with E-state index < -0.39 is 22.4 Å². The van der Waals surface area contributed by atoms with Crippen molar-refractivity contribution < 1.29 is 22.3 Å². The molecule has 9 heteroatoms. The number of halogens is 2. The summed E-state index contributed by atoms with van der Waals surface area (Å²) in [6, 6.07) is 9.81. The van der Waals surface area contributed by atoms with Gasteiger partial charge in [0.15, 0.2) is 0 Å². The van der Waals surface area contributed by atoms with Crippen molar-refractivity contribution in [3.8, 4) is 5.75 Å². The maximum atomic E-state index is 14.0. The molecule has 29 heavy (non-hydrogen) atoms. The van der Waals surface area contributed by atoms with Gasteiger partial charge in [-0.15, -0.1) is 0 Å². The van der Waals surface area contributed by atoms with Gasteiger partial charge in [-0.1, -0.05) is 23.7 Å². The number of nitrogens with one attached hydrogen (secondary N) is 1. The Kier molecular flexibility index (Phi) is 6.97. The number of carbonyl (C=O) groups excluding carboxylic acids is 1. The second-order valence-electron chi connectivity index (χ2n) is 6.84. The van der Waals surface area contributed by atoms with E-state index in [0.717, 1.165) is 24.5 Å². The number of hydrogen-bond acceptors (Lipinski definition) is 5. The summed E-state index contributed by atoms with van der Waals surface area (Å²) in [6.45, 7) is 0.156. The van der Waals surface area contributed by atoms with Gasteiger partial charge in [-0.25, -0.2) is 12.8 Å². The summed E-state index contributed by atoms with van der Waals surface area (Å²) < 4.78 is 41.1. The molecule has 0 aliphatic heterocycles. The molecule has 0 unspecified atom stereocenters. The Labute approximate surface area is 175 Å². The number of thiol groups is 1. The number of rotatable bonds is 9. The highest BCUT2D eigenvalue weighted by atomic mass is 35.5. The zero-order valence-corrected chi connectivity index (χ0v) is 17.5. The topological polar surface area (TPSA) is 75.7 Å². The monoisotopic (exact) mass is 440 g/mol. The lowest BCUT2D eigenvalue weighted by molar-refractivity contribution is -0.118. The molecule has 6 nitrogen and oxygen atoms in total. The Morgan fingerprint density at radius 3 is 2.55 bits per heavy atom. The highest BCUT2D eigenvalue weighted by Crippen LogP contribution is 2.39. The van der Waals surface area contributed by atoms with Crippen LogP contribution in [0.1, 0.15) is 24.8 Å². The van der Waals surface area contributed by atoms with Gasteiger partial charge in [0.2, 0.25) is 5.91 Å². The van der Waals surface area contributed by atoms with Crippen LogP contribution in [0.15, 0.2) is 36.4 Å². The first-order valence-electron chi connectivity index (χ1n) is 9.18. The molecule has 0 heterocycles. The van der Waals surface area contributed by atoms with Gasteiger partial charge in [-0.3, -0.25) is 4.79 Å². The summed E-state index contributed by atoms with van der Waals surface area (Å²) in [5, 5.41) is 3.30. The SMILES string of the molecule is COc1ccc(CN(C(=O)CC[SH](=O)=O)c2c(Cl)cc(F)cc2NC2CC2)cc1. The number of hydrogen-bond donors (Lipinski definition) is 2. The fourth-order valence-corrected chi connectivity index (χ4v) is 3.61. The van der Waals surface area contributed by atoms with Crippen molar-refractivity contribution in [3.63, 3.8) is 0 Å². The normalized spacial score (nSPS) is 13.4. The fraction of sp³-hybridized carbons (Fsp3) is 0.350. The van der Waals surface area contributed by atoms with E-state index in [1.807, 2.05) is 0 Å². The lowest BCUT2D eigenvalue weighted by Gasteiger charge is -2.27. The molecule has 0 bridgehead atoms. The first kappa shape index (κ1) is 21.4. The maximum Gasteiger partial charge on any atom is 0.228 e. The molecule has 1 fully saturated rings. The molecular formula is C20H22ClFN2O4S. The highest BCUT2D eigenvalue weighted by molar-refractivity contribution is 7.72. The molecule has 2 aromatic rings. The second-order valence-corrected chi connectivity index (χ2v) is 8.36. The predicted molar refractivity (Wildman–Crippen MR) is 112 cm³/mol. The average Bonchev–Trinajstić information content (AvgIpc) is 3.49. The van der Waals surface area contributed by atoms with Crippen molar-refractivity contribution in [2.24, 2.45) is 0 Å². The predicted octanol–water partition coefficient (Wildman–Crippen LogP) is 3.60. The Morgan fingerprint density at radius 1 is 1.28 bits per heavy atom. The molecule has 0 spiro atoms. The first-order valence-corrected chi connectivity index (χ1v) is 10.9. The van der Waals surface area contributed by atoms with E-state index >= 15 is 0 Å². The first-order chi connectivity index (χ1) is 13.9. The maximum absolute atomic E-state index is 14.0. The minimum atomic E-state index is -2.69. The van der Waals surface area contributed by atoms with E-state index in [1.165, 1.54) is 11.0 Å². The lowest BCUT2D eigenvalue weighted by atomic mass is 10.1. The molecule has 0 aromatic heterocycles. The minimum absolute atomic E-state index is 0.0847. The number of amides is 1. The van der Waals surface area contributed by atoms with Crippen LogP contribution in [-0.4, -0.2) is 33.2 Å². The summed E-state index contributed by atoms with van der Waals surface area (Å²) in [6.07, 6.45) is 1.72. The molecule has 1 amide bonds. The molecule has 0 radical (unpaired) electrons. The third kappa shape index (κ3) is 5.83. The van der Waals surface area contributed by atoms with Crippen LogP contribution in [-0.2, 0) is 22.0 Å². The molecule has 1 saturated carbocycles.